The molecule has 0 bridgehead atoms. The highest BCUT2D eigenvalue weighted by molar-refractivity contribution is 6.30. The Morgan fingerprint density at radius 1 is 1.09 bits per heavy atom. The largest absolute Gasteiger partial charge is 0.483 e. The second-order valence-corrected chi connectivity index (χ2v) is 4.77. The Hall–Kier alpha value is -2.53. The van der Waals surface area contributed by atoms with Crippen molar-refractivity contribution in [2.24, 2.45) is 0 Å². The molecule has 0 saturated heterocycles. The zero-order valence-corrected chi connectivity index (χ0v) is 12.6. The van der Waals surface area contributed by atoms with Crippen LogP contribution in [0.25, 0.3) is 0 Å². The number of methoxy groups -OCH3 is 1. The lowest BCUT2D eigenvalue weighted by Crippen LogP contribution is -2.20. The second-order valence-electron chi connectivity index (χ2n) is 4.33. The molecular formula is C16H14ClNO4. The van der Waals surface area contributed by atoms with Gasteiger partial charge in [-0.3, -0.25) is 4.79 Å². The molecule has 114 valence electrons. The van der Waals surface area contributed by atoms with Gasteiger partial charge in [0, 0.05) is 10.7 Å². The molecule has 0 aliphatic heterocycles. The van der Waals surface area contributed by atoms with Gasteiger partial charge in [-0.1, -0.05) is 23.7 Å². The average Bonchev–Trinajstić information content (AvgIpc) is 2.54. The van der Waals surface area contributed by atoms with E-state index in [4.69, 9.17) is 16.3 Å². The fraction of sp³-hybridized carbons (Fsp3) is 0.125. The molecule has 0 heterocycles. The number of para-hydroxylation sites is 1. The van der Waals surface area contributed by atoms with Crippen LogP contribution in [0.15, 0.2) is 48.5 Å². The lowest BCUT2D eigenvalue weighted by Gasteiger charge is -2.10. The van der Waals surface area contributed by atoms with Gasteiger partial charge in [-0.05, 0) is 36.4 Å². The summed E-state index contributed by atoms with van der Waals surface area (Å²) in [5.41, 5.74) is 0.878. The molecule has 2 aromatic rings. The lowest BCUT2D eigenvalue weighted by atomic mass is 10.2. The van der Waals surface area contributed by atoms with Crippen molar-refractivity contribution in [2.45, 2.75) is 0 Å². The maximum Gasteiger partial charge on any atom is 0.341 e. The first kappa shape index (κ1) is 15.9. The van der Waals surface area contributed by atoms with Crippen LogP contribution in [0.3, 0.4) is 0 Å². The number of esters is 1. The van der Waals surface area contributed by atoms with Crippen LogP contribution in [0.1, 0.15) is 10.4 Å². The number of ether oxygens (including phenoxy) is 2. The summed E-state index contributed by atoms with van der Waals surface area (Å²) in [5.74, 6) is -0.573. The van der Waals surface area contributed by atoms with Gasteiger partial charge in [-0.2, -0.15) is 0 Å². The summed E-state index contributed by atoms with van der Waals surface area (Å²) in [6.45, 7) is -0.226. The van der Waals surface area contributed by atoms with E-state index in [1.54, 1.807) is 48.5 Å². The monoisotopic (exact) mass is 319 g/mol. The van der Waals surface area contributed by atoms with Gasteiger partial charge in [-0.25, -0.2) is 4.79 Å². The number of hydrogen-bond donors (Lipinski definition) is 1. The molecule has 0 aliphatic rings. The highest BCUT2D eigenvalue weighted by Gasteiger charge is 2.13. The number of halogens is 1. The summed E-state index contributed by atoms with van der Waals surface area (Å²) in [6, 6.07) is 13.3. The van der Waals surface area contributed by atoms with Gasteiger partial charge in [0.2, 0.25) is 0 Å². The van der Waals surface area contributed by atoms with E-state index in [2.05, 4.69) is 10.1 Å². The van der Waals surface area contributed by atoms with E-state index >= 15 is 0 Å². The summed E-state index contributed by atoms with van der Waals surface area (Å²) in [4.78, 5) is 23.4. The molecule has 0 unspecified atom stereocenters. The number of benzene rings is 2. The van der Waals surface area contributed by atoms with Crippen molar-refractivity contribution in [3.63, 3.8) is 0 Å². The first-order valence-electron chi connectivity index (χ1n) is 6.45. The molecule has 2 aromatic carbocycles. The Morgan fingerprint density at radius 3 is 2.45 bits per heavy atom. The molecule has 1 amide bonds. The summed E-state index contributed by atoms with van der Waals surface area (Å²) >= 11 is 5.77. The van der Waals surface area contributed by atoms with E-state index in [0.29, 0.717) is 16.5 Å². The van der Waals surface area contributed by atoms with Crippen LogP contribution >= 0.6 is 11.6 Å². The fourth-order valence-electron chi connectivity index (χ4n) is 1.74. The van der Waals surface area contributed by atoms with Crippen molar-refractivity contribution < 1.29 is 19.1 Å². The number of anilines is 1. The topological polar surface area (TPSA) is 64.6 Å². The molecule has 0 atom stereocenters. The molecule has 2 rings (SSSR count). The van der Waals surface area contributed by atoms with Crippen LogP contribution in [-0.2, 0) is 9.53 Å². The summed E-state index contributed by atoms with van der Waals surface area (Å²) in [5, 5.41) is 3.25. The van der Waals surface area contributed by atoms with Gasteiger partial charge in [-0.15, -0.1) is 0 Å². The minimum Gasteiger partial charge on any atom is -0.483 e. The predicted octanol–water partition coefficient (Wildman–Crippen LogP) is 3.14. The SMILES string of the molecule is COC(=O)c1ccccc1OCC(=O)Nc1ccc(Cl)cc1. The van der Waals surface area contributed by atoms with Gasteiger partial charge < -0.3 is 14.8 Å². The van der Waals surface area contributed by atoms with Crippen LogP contribution in [-0.4, -0.2) is 25.6 Å². The van der Waals surface area contributed by atoms with E-state index in [0.717, 1.165) is 0 Å². The minimum absolute atomic E-state index is 0.226. The normalized spacial score (nSPS) is 9.91. The predicted molar refractivity (Wildman–Crippen MR) is 83.4 cm³/mol. The number of amides is 1. The van der Waals surface area contributed by atoms with Gasteiger partial charge in [0.15, 0.2) is 6.61 Å². The lowest BCUT2D eigenvalue weighted by molar-refractivity contribution is -0.118. The molecule has 5 nitrogen and oxygen atoms in total. The Labute approximate surface area is 132 Å². The molecule has 0 spiro atoms. The standard InChI is InChI=1S/C16H14ClNO4/c1-21-16(20)13-4-2-3-5-14(13)22-10-15(19)18-12-8-6-11(17)7-9-12/h2-9H,10H2,1H3,(H,18,19). The first-order valence-corrected chi connectivity index (χ1v) is 6.83. The number of rotatable bonds is 5. The minimum atomic E-state index is -0.520. The van der Waals surface area contributed by atoms with Gasteiger partial charge in [0.25, 0.3) is 5.91 Å². The molecule has 6 heteroatoms. The third kappa shape index (κ3) is 4.23. The molecule has 0 aromatic heterocycles. The number of carbonyl (C=O) groups excluding carboxylic acids is 2. The molecular weight excluding hydrogens is 306 g/mol. The van der Waals surface area contributed by atoms with Crippen molar-refractivity contribution in [1.29, 1.82) is 0 Å². The van der Waals surface area contributed by atoms with E-state index in [1.807, 2.05) is 0 Å². The Kier molecular flexibility index (Phi) is 5.38. The van der Waals surface area contributed by atoms with Crippen molar-refractivity contribution in [2.75, 3.05) is 19.0 Å². The molecule has 1 N–H and O–H groups in total. The van der Waals surface area contributed by atoms with Crippen LogP contribution in [0.4, 0.5) is 5.69 Å². The van der Waals surface area contributed by atoms with Gasteiger partial charge in [0.05, 0.1) is 7.11 Å². The summed E-state index contributed by atoms with van der Waals surface area (Å²) < 4.78 is 10.0. The highest BCUT2D eigenvalue weighted by Crippen LogP contribution is 2.19. The van der Waals surface area contributed by atoms with Crippen molar-refractivity contribution in [3.05, 3.63) is 59.1 Å². The van der Waals surface area contributed by atoms with E-state index in [-0.39, 0.29) is 18.1 Å². The smallest absolute Gasteiger partial charge is 0.341 e. The van der Waals surface area contributed by atoms with E-state index < -0.39 is 5.97 Å². The maximum atomic E-state index is 11.8. The van der Waals surface area contributed by atoms with Gasteiger partial charge in [0.1, 0.15) is 11.3 Å². The van der Waals surface area contributed by atoms with Crippen LogP contribution in [0.2, 0.25) is 5.02 Å². The molecule has 0 saturated carbocycles. The third-order valence-electron chi connectivity index (χ3n) is 2.78. The van der Waals surface area contributed by atoms with Crippen LogP contribution in [0.5, 0.6) is 5.75 Å². The van der Waals surface area contributed by atoms with Gasteiger partial charge >= 0.3 is 5.97 Å². The van der Waals surface area contributed by atoms with Crippen molar-refractivity contribution >= 4 is 29.2 Å². The highest BCUT2D eigenvalue weighted by atomic mass is 35.5. The molecule has 22 heavy (non-hydrogen) atoms. The van der Waals surface area contributed by atoms with E-state index in [9.17, 15) is 9.59 Å². The fourth-order valence-corrected chi connectivity index (χ4v) is 1.87. The number of carbonyl (C=O) groups is 2. The van der Waals surface area contributed by atoms with Crippen LogP contribution < -0.4 is 10.1 Å². The molecule has 0 fully saturated rings. The maximum absolute atomic E-state index is 11.8. The number of hydrogen-bond acceptors (Lipinski definition) is 4. The molecule has 0 radical (unpaired) electrons. The average molecular weight is 320 g/mol. The Balaban J connectivity index is 1.96. The first-order chi connectivity index (χ1) is 10.6. The summed E-state index contributed by atoms with van der Waals surface area (Å²) in [7, 11) is 1.28. The summed E-state index contributed by atoms with van der Waals surface area (Å²) in [6.07, 6.45) is 0. The zero-order chi connectivity index (χ0) is 15.9. The Bertz CT molecular complexity index is 670. The zero-order valence-electron chi connectivity index (χ0n) is 11.8. The third-order valence-corrected chi connectivity index (χ3v) is 3.03. The number of nitrogens with one attached hydrogen (secondary N) is 1. The van der Waals surface area contributed by atoms with Crippen LogP contribution in [0, 0.1) is 0 Å². The van der Waals surface area contributed by atoms with Crippen molar-refractivity contribution in [3.8, 4) is 5.75 Å². The molecule has 0 aliphatic carbocycles. The Morgan fingerprint density at radius 2 is 1.77 bits per heavy atom. The quantitative estimate of drug-likeness (QED) is 0.860. The van der Waals surface area contributed by atoms with Crippen molar-refractivity contribution in [1.82, 2.24) is 0 Å². The van der Waals surface area contributed by atoms with E-state index in [1.165, 1.54) is 7.11 Å². The second kappa shape index (κ2) is 7.47.